The lowest BCUT2D eigenvalue weighted by Gasteiger charge is -2.27. The van der Waals surface area contributed by atoms with Crippen molar-refractivity contribution in [3.63, 3.8) is 0 Å². The monoisotopic (exact) mass is 209 g/mol. The number of hydrogen-bond donors (Lipinski definition) is 1. The van der Waals surface area contributed by atoms with Crippen molar-refractivity contribution in [1.29, 1.82) is 5.26 Å². The molecule has 1 fully saturated rings. The van der Waals surface area contributed by atoms with Gasteiger partial charge in [0.25, 0.3) is 0 Å². The molecule has 3 heteroatoms. The number of nitrogens with zero attached hydrogens (tertiary/aromatic N) is 2. The molecule has 0 aromatic rings. The summed E-state index contributed by atoms with van der Waals surface area (Å²) in [6, 6.07) is 1.78. The van der Waals surface area contributed by atoms with Crippen LogP contribution in [0.15, 0.2) is 0 Å². The lowest BCUT2D eigenvalue weighted by molar-refractivity contribution is 0.230. The van der Waals surface area contributed by atoms with Crippen LogP contribution in [0.1, 0.15) is 38.5 Å². The third-order valence-corrected chi connectivity index (χ3v) is 3.28. The van der Waals surface area contributed by atoms with E-state index in [0.29, 0.717) is 0 Å². The molecule has 1 rings (SSSR count). The Kier molecular flexibility index (Phi) is 5.67. The Hall–Kier alpha value is -0.590. The molecule has 0 aromatic heterocycles. The smallest absolute Gasteiger partial charge is 0.0940 e. The Bertz CT molecular complexity index is 203. The molecular formula is C12H23N3. The van der Waals surface area contributed by atoms with E-state index in [1.165, 1.54) is 38.6 Å². The topological polar surface area (TPSA) is 53.0 Å². The molecule has 1 unspecified atom stereocenters. The standard InChI is InChI=1S/C12H23N3/c1-15(8-7-12(14)9-13)10-11-5-3-2-4-6-11/h11-12H,2-8,10,14H2,1H3. The van der Waals surface area contributed by atoms with E-state index in [-0.39, 0.29) is 6.04 Å². The van der Waals surface area contributed by atoms with Gasteiger partial charge in [0.2, 0.25) is 0 Å². The van der Waals surface area contributed by atoms with Crippen LogP contribution in [-0.4, -0.2) is 31.1 Å². The van der Waals surface area contributed by atoms with Gasteiger partial charge in [0.15, 0.2) is 0 Å². The molecular weight excluding hydrogens is 186 g/mol. The first-order chi connectivity index (χ1) is 7.22. The Morgan fingerprint density at radius 3 is 2.67 bits per heavy atom. The molecule has 1 aliphatic rings. The predicted molar refractivity (Wildman–Crippen MR) is 62.3 cm³/mol. The van der Waals surface area contributed by atoms with Crippen LogP contribution in [0.2, 0.25) is 0 Å². The fourth-order valence-corrected chi connectivity index (χ4v) is 2.33. The molecule has 1 saturated carbocycles. The van der Waals surface area contributed by atoms with E-state index >= 15 is 0 Å². The van der Waals surface area contributed by atoms with Gasteiger partial charge < -0.3 is 10.6 Å². The van der Waals surface area contributed by atoms with Crippen molar-refractivity contribution in [3.8, 4) is 6.07 Å². The molecule has 0 spiro atoms. The molecule has 0 aliphatic heterocycles. The Balaban J connectivity index is 2.12. The van der Waals surface area contributed by atoms with Crippen molar-refractivity contribution in [2.24, 2.45) is 11.7 Å². The highest BCUT2D eigenvalue weighted by atomic mass is 15.1. The fraction of sp³-hybridized carbons (Fsp3) is 0.917. The van der Waals surface area contributed by atoms with E-state index in [1.807, 2.05) is 0 Å². The van der Waals surface area contributed by atoms with E-state index in [0.717, 1.165) is 18.9 Å². The zero-order valence-corrected chi connectivity index (χ0v) is 9.78. The molecule has 0 saturated heterocycles. The summed E-state index contributed by atoms with van der Waals surface area (Å²) in [6.45, 7) is 2.13. The van der Waals surface area contributed by atoms with Crippen LogP contribution in [0, 0.1) is 17.2 Å². The number of hydrogen-bond acceptors (Lipinski definition) is 3. The molecule has 1 aliphatic carbocycles. The molecule has 0 amide bonds. The van der Waals surface area contributed by atoms with Gasteiger partial charge in [-0.1, -0.05) is 19.3 Å². The quantitative estimate of drug-likeness (QED) is 0.750. The highest BCUT2D eigenvalue weighted by Crippen LogP contribution is 2.24. The minimum atomic E-state index is -0.293. The molecule has 15 heavy (non-hydrogen) atoms. The minimum Gasteiger partial charge on any atom is -0.316 e. The van der Waals surface area contributed by atoms with Crippen molar-refractivity contribution >= 4 is 0 Å². The zero-order chi connectivity index (χ0) is 11.1. The molecule has 2 N–H and O–H groups in total. The SMILES string of the molecule is CN(CCC(N)C#N)CC1CCCCC1. The zero-order valence-electron chi connectivity index (χ0n) is 9.78. The molecule has 3 nitrogen and oxygen atoms in total. The van der Waals surface area contributed by atoms with E-state index in [1.54, 1.807) is 0 Å². The van der Waals surface area contributed by atoms with Gasteiger partial charge in [-0.05, 0) is 32.2 Å². The van der Waals surface area contributed by atoms with Crippen molar-refractivity contribution in [3.05, 3.63) is 0 Å². The van der Waals surface area contributed by atoms with E-state index in [9.17, 15) is 0 Å². The molecule has 0 radical (unpaired) electrons. The maximum absolute atomic E-state index is 8.58. The van der Waals surface area contributed by atoms with Gasteiger partial charge in [0.1, 0.15) is 0 Å². The van der Waals surface area contributed by atoms with Crippen LogP contribution >= 0.6 is 0 Å². The highest BCUT2D eigenvalue weighted by molar-refractivity contribution is 4.86. The summed E-state index contributed by atoms with van der Waals surface area (Å²) in [7, 11) is 2.14. The van der Waals surface area contributed by atoms with Crippen molar-refractivity contribution in [1.82, 2.24) is 4.90 Å². The summed E-state index contributed by atoms with van der Waals surface area (Å²) in [5.74, 6) is 0.877. The Morgan fingerprint density at radius 1 is 1.40 bits per heavy atom. The molecule has 0 bridgehead atoms. The lowest BCUT2D eigenvalue weighted by Crippen LogP contribution is -2.31. The second-order valence-electron chi connectivity index (χ2n) is 4.79. The van der Waals surface area contributed by atoms with Gasteiger partial charge in [0, 0.05) is 13.1 Å². The highest BCUT2D eigenvalue weighted by Gasteiger charge is 2.15. The average Bonchev–Trinajstić information content (AvgIpc) is 2.27. The van der Waals surface area contributed by atoms with Crippen LogP contribution in [0.5, 0.6) is 0 Å². The van der Waals surface area contributed by atoms with Crippen LogP contribution in [-0.2, 0) is 0 Å². The third kappa shape index (κ3) is 5.15. The first-order valence-corrected chi connectivity index (χ1v) is 6.06. The predicted octanol–water partition coefficient (Wildman–Crippen LogP) is 1.74. The Morgan fingerprint density at radius 2 is 2.07 bits per heavy atom. The van der Waals surface area contributed by atoms with Crippen LogP contribution in [0.3, 0.4) is 0 Å². The first kappa shape index (κ1) is 12.5. The summed E-state index contributed by atoms with van der Waals surface area (Å²) >= 11 is 0. The normalized spacial score (nSPS) is 20.1. The van der Waals surface area contributed by atoms with E-state index in [4.69, 9.17) is 11.0 Å². The minimum absolute atomic E-state index is 0.293. The fourth-order valence-electron chi connectivity index (χ4n) is 2.33. The summed E-state index contributed by atoms with van der Waals surface area (Å²) in [4.78, 5) is 2.33. The van der Waals surface area contributed by atoms with Crippen LogP contribution in [0.4, 0.5) is 0 Å². The summed E-state index contributed by atoms with van der Waals surface area (Å²) in [6.07, 6.45) is 7.77. The number of nitriles is 1. The number of nitrogens with two attached hydrogens (primary N) is 1. The lowest BCUT2D eigenvalue weighted by atomic mass is 9.89. The molecule has 1 atom stereocenters. The van der Waals surface area contributed by atoms with Gasteiger partial charge in [-0.3, -0.25) is 0 Å². The second kappa shape index (κ2) is 6.81. The van der Waals surface area contributed by atoms with E-state index in [2.05, 4.69) is 18.0 Å². The van der Waals surface area contributed by atoms with Crippen molar-refractivity contribution in [2.45, 2.75) is 44.6 Å². The van der Waals surface area contributed by atoms with Gasteiger partial charge >= 0.3 is 0 Å². The van der Waals surface area contributed by atoms with Crippen molar-refractivity contribution in [2.75, 3.05) is 20.1 Å². The summed E-state index contributed by atoms with van der Waals surface area (Å²) in [5.41, 5.74) is 5.57. The van der Waals surface area contributed by atoms with Crippen LogP contribution in [0.25, 0.3) is 0 Å². The first-order valence-electron chi connectivity index (χ1n) is 6.06. The molecule has 0 aromatic carbocycles. The van der Waals surface area contributed by atoms with Crippen LogP contribution < -0.4 is 5.73 Å². The summed E-state index contributed by atoms with van der Waals surface area (Å²) in [5, 5.41) is 8.58. The summed E-state index contributed by atoms with van der Waals surface area (Å²) < 4.78 is 0. The van der Waals surface area contributed by atoms with E-state index < -0.39 is 0 Å². The van der Waals surface area contributed by atoms with Crippen molar-refractivity contribution < 1.29 is 0 Å². The second-order valence-corrected chi connectivity index (χ2v) is 4.79. The Labute approximate surface area is 93.2 Å². The largest absolute Gasteiger partial charge is 0.316 e. The van der Waals surface area contributed by atoms with Gasteiger partial charge in [-0.15, -0.1) is 0 Å². The maximum Gasteiger partial charge on any atom is 0.0940 e. The van der Waals surface area contributed by atoms with Gasteiger partial charge in [-0.2, -0.15) is 5.26 Å². The average molecular weight is 209 g/mol. The molecule has 86 valence electrons. The molecule has 0 heterocycles. The maximum atomic E-state index is 8.58. The van der Waals surface area contributed by atoms with Gasteiger partial charge in [0.05, 0.1) is 12.1 Å². The number of rotatable bonds is 5. The van der Waals surface area contributed by atoms with Gasteiger partial charge in [-0.25, -0.2) is 0 Å². The third-order valence-electron chi connectivity index (χ3n) is 3.28.